The number of nitrogens with one attached hydrogen (secondary N) is 1. The van der Waals surface area contributed by atoms with E-state index in [4.69, 9.17) is 4.74 Å². The minimum absolute atomic E-state index is 0.0663. The summed E-state index contributed by atoms with van der Waals surface area (Å²) in [5, 5.41) is 10.2. The Morgan fingerprint density at radius 3 is 2.72 bits per heavy atom. The van der Waals surface area contributed by atoms with Crippen LogP contribution in [0.1, 0.15) is 33.7 Å². The molecule has 6 rings (SSSR count). The Labute approximate surface area is 172 Å². The summed E-state index contributed by atoms with van der Waals surface area (Å²) in [7, 11) is 0. The SMILES string of the molecule is Cc1ccc([C@H]2Oc3ccccc3C3=C2[C@H](c2cccs2)n2ncnc2N3)cc1. The second kappa shape index (κ2) is 6.32. The first-order valence-corrected chi connectivity index (χ1v) is 10.4. The van der Waals surface area contributed by atoms with Crippen molar-refractivity contribution in [2.45, 2.75) is 19.1 Å². The van der Waals surface area contributed by atoms with Gasteiger partial charge in [-0.1, -0.05) is 48.0 Å². The zero-order valence-electron chi connectivity index (χ0n) is 15.7. The van der Waals surface area contributed by atoms with Gasteiger partial charge in [-0.2, -0.15) is 10.1 Å². The van der Waals surface area contributed by atoms with Gasteiger partial charge in [0.25, 0.3) is 0 Å². The third-order valence-electron chi connectivity index (χ3n) is 5.51. The minimum atomic E-state index is -0.211. The zero-order valence-corrected chi connectivity index (χ0v) is 16.6. The summed E-state index contributed by atoms with van der Waals surface area (Å²) in [6.07, 6.45) is 1.40. The molecule has 4 aromatic rings. The molecule has 0 aliphatic carbocycles. The van der Waals surface area contributed by atoms with Crippen molar-refractivity contribution < 1.29 is 4.74 Å². The van der Waals surface area contributed by atoms with E-state index in [9.17, 15) is 0 Å². The van der Waals surface area contributed by atoms with Crippen molar-refractivity contribution >= 4 is 23.0 Å². The smallest absolute Gasteiger partial charge is 0.226 e. The van der Waals surface area contributed by atoms with Gasteiger partial charge in [-0.05, 0) is 36.1 Å². The monoisotopic (exact) mass is 398 g/mol. The molecule has 0 saturated carbocycles. The fourth-order valence-electron chi connectivity index (χ4n) is 4.15. The average Bonchev–Trinajstić information content (AvgIpc) is 3.44. The molecule has 0 fully saturated rings. The molecular formula is C23H18N4OS. The first kappa shape index (κ1) is 16.6. The van der Waals surface area contributed by atoms with Crippen LogP contribution in [0.2, 0.25) is 0 Å². The number of hydrogen-bond donors (Lipinski definition) is 1. The lowest BCUT2D eigenvalue weighted by atomic mass is 9.87. The molecule has 0 unspecified atom stereocenters. The Bertz CT molecular complexity index is 1220. The maximum Gasteiger partial charge on any atom is 0.226 e. The normalized spacial score (nSPS) is 19.6. The van der Waals surface area contributed by atoms with Gasteiger partial charge in [0.2, 0.25) is 5.95 Å². The number of anilines is 1. The standard InChI is InChI=1S/C23H18N4OS/c1-14-8-10-15(11-9-14)22-19-20(16-5-2-3-6-17(16)28-22)26-23-24-13-25-27(23)21(19)18-7-4-12-29-18/h2-13,21-22H,1H3,(H,24,25,26)/t21-,22+/m0/s1. The number of nitrogens with zero attached hydrogens (tertiary/aromatic N) is 3. The highest BCUT2D eigenvalue weighted by Gasteiger charge is 2.41. The predicted molar refractivity (Wildman–Crippen MR) is 114 cm³/mol. The van der Waals surface area contributed by atoms with Crippen molar-refractivity contribution in [2.75, 3.05) is 5.32 Å². The molecule has 0 radical (unpaired) electrons. The molecule has 2 aromatic heterocycles. The van der Waals surface area contributed by atoms with E-state index in [-0.39, 0.29) is 12.1 Å². The molecule has 0 bridgehead atoms. The molecular weight excluding hydrogens is 380 g/mol. The van der Waals surface area contributed by atoms with Crippen LogP contribution in [0.15, 0.2) is 77.9 Å². The summed E-state index contributed by atoms with van der Waals surface area (Å²) in [4.78, 5) is 5.67. The molecule has 2 aliphatic rings. The largest absolute Gasteiger partial charge is 0.480 e. The Hall–Kier alpha value is -3.38. The molecule has 1 N–H and O–H groups in total. The Morgan fingerprint density at radius 2 is 1.90 bits per heavy atom. The molecule has 6 heteroatoms. The molecule has 142 valence electrons. The van der Waals surface area contributed by atoms with Crippen LogP contribution in [0.4, 0.5) is 5.95 Å². The summed E-state index contributed by atoms with van der Waals surface area (Å²) in [6.45, 7) is 2.10. The highest BCUT2D eigenvalue weighted by atomic mass is 32.1. The molecule has 2 aromatic carbocycles. The summed E-state index contributed by atoms with van der Waals surface area (Å²) in [5.41, 5.74) is 5.64. The third-order valence-corrected chi connectivity index (χ3v) is 6.44. The second-order valence-corrected chi connectivity index (χ2v) is 8.29. The van der Waals surface area contributed by atoms with E-state index in [1.807, 2.05) is 22.9 Å². The molecule has 4 heterocycles. The topological polar surface area (TPSA) is 52.0 Å². The van der Waals surface area contributed by atoms with Crippen molar-refractivity contribution in [1.29, 1.82) is 0 Å². The van der Waals surface area contributed by atoms with Crippen molar-refractivity contribution in [3.8, 4) is 5.75 Å². The Morgan fingerprint density at radius 1 is 1.03 bits per heavy atom. The second-order valence-electron chi connectivity index (χ2n) is 7.31. The summed E-state index contributed by atoms with van der Waals surface area (Å²) >= 11 is 1.73. The van der Waals surface area contributed by atoms with Crippen LogP contribution in [-0.2, 0) is 0 Å². The fraction of sp³-hybridized carbons (Fsp3) is 0.130. The number of ether oxygens (including phenoxy) is 1. The predicted octanol–water partition coefficient (Wildman–Crippen LogP) is 5.21. The van der Waals surface area contributed by atoms with Crippen molar-refractivity contribution in [3.63, 3.8) is 0 Å². The van der Waals surface area contributed by atoms with Crippen LogP contribution in [-0.4, -0.2) is 14.8 Å². The molecule has 29 heavy (non-hydrogen) atoms. The van der Waals surface area contributed by atoms with Crippen molar-refractivity contribution in [3.05, 3.63) is 99.5 Å². The number of rotatable bonds is 2. The van der Waals surface area contributed by atoms with Gasteiger partial charge < -0.3 is 10.1 Å². The molecule has 2 aliphatic heterocycles. The number of thiophene rings is 1. The maximum absolute atomic E-state index is 6.59. The molecule has 0 spiro atoms. The van der Waals surface area contributed by atoms with Crippen molar-refractivity contribution in [2.24, 2.45) is 0 Å². The van der Waals surface area contributed by atoms with Gasteiger partial charge >= 0.3 is 0 Å². The van der Waals surface area contributed by atoms with E-state index in [0.717, 1.165) is 34.1 Å². The van der Waals surface area contributed by atoms with E-state index >= 15 is 0 Å². The average molecular weight is 398 g/mol. The number of hydrogen-bond acceptors (Lipinski definition) is 5. The van der Waals surface area contributed by atoms with Crippen LogP contribution in [0.3, 0.4) is 0 Å². The molecule has 5 nitrogen and oxygen atoms in total. The Kier molecular flexibility index (Phi) is 3.61. The van der Waals surface area contributed by atoms with Crippen LogP contribution in [0.25, 0.3) is 5.70 Å². The lowest BCUT2D eigenvalue weighted by molar-refractivity contribution is 0.223. The highest BCUT2D eigenvalue weighted by molar-refractivity contribution is 7.10. The van der Waals surface area contributed by atoms with Gasteiger partial charge in [0.15, 0.2) is 0 Å². The number of aromatic nitrogens is 3. The minimum Gasteiger partial charge on any atom is -0.480 e. The van der Waals surface area contributed by atoms with E-state index in [0.29, 0.717) is 0 Å². The third kappa shape index (κ3) is 2.53. The van der Waals surface area contributed by atoms with Gasteiger partial charge in [-0.3, -0.25) is 0 Å². The van der Waals surface area contributed by atoms with Crippen molar-refractivity contribution in [1.82, 2.24) is 14.8 Å². The highest BCUT2D eigenvalue weighted by Crippen LogP contribution is 2.51. The first-order chi connectivity index (χ1) is 14.3. The lowest BCUT2D eigenvalue weighted by Crippen LogP contribution is -2.32. The van der Waals surface area contributed by atoms with Crippen LogP contribution in [0, 0.1) is 6.92 Å². The fourth-order valence-corrected chi connectivity index (χ4v) is 4.98. The molecule has 0 amide bonds. The first-order valence-electron chi connectivity index (χ1n) is 9.56. The van der Waals surface area contributed by atoms with Crippen LogP contribution < -0.4 is 10.1 Å². The number of benzene rings is 2. The van der Waals surface area contributed by atoms with Crippen LogP contribution in [0.5, 0.6) is 5.75 Å². The number of para-hydroxylation sites is 1. The van der Waals surface area contributed by atoms with Gasteiger partial charge in [0, 0.05) is 16.0 Å². The number of aryl methyl sites for hydroxylation is 1. The zero-order chi connectivity index (χ0) is 19.4. The quantitative estimate of drug-likeness (QED) is 0.504. The van der Waals surface area contributed by atoms with E-state index in [2.05, 4.69) is 70.2 Å². The van der Waals surface area contributed by atoms with Gasteiger partial charge in [-0.15, -0.1) is 11.3 Å². The van der Waals surface area contributed by atoms with Crippen LogP contribution >= 0.6 is 11.3 Å². The van der Waals surface area contributed by atoms with Gasteiger partial charge in [0.05, 0.1) is 5.70 Å². The maximum atomic E-state index is 6.59. The number of fused-ring (bicyclic) bond motifs is 3. The summed E-state index contributed by atoms with van der Waals surface area (Å²) in [6, 6.07) is 20.9. The molecule has 0 saturated heterocycles. The molecule has 2 atom stereocenters. The van der Waals surface area contributed by atoms with E-state index in [1.54, 1.807) is 17.7 Å². The van der Waals surface area contributed by atoms with Gasteiger partial charge in [-0.25, -0.2) is 4.68 Å². The van der Waals surface area contributed by atoms with E-state index in [1.165, 1.54) is 10.4 Å². The van der Waals surface area contributed by atoms with E-state index < -0.39 is 0 Å². The Balaban J connectivity index is 1.63. The summed E-state index contributed by atoms with van der Waals surface area (Å²) < 4.78 is 8.55. The summed E-state index contributed by atoms with van der Waals surface area (Å²) in [5.74, 6) is 1.63. The van der Waals surface area contributed by atoms with Gasteiger partial charge in [0.1, 0.15) is 24.2 Å². The lowest BCUT2D eigenvalue weighted by Gasteiger charge is -2.38.